The van der Waals surface area contributed by atoms with Crippen molar-refractivity contribution in [3.8, 4) is 0 Å². The predicted octanol–water partition coefficient (Wildman–Crippen LogP) is 1.17. The van der Waals surface area contributed by atoms with E-state index in [2.05, 4.69) is 4.98 Å². The average molecular weight is 245 g/mol. The SMILES string of the molecule is C[C@H](N)c1ccc(N(CCO)CC(F)F)cn1. The Labute approximate surface area is 99.1 Å². The number of alkyl halides is 2. The lowest BCUT2D eigenvalue weighted by Crippen LogP contribution is -2.31. The number of anilines is 1. The van der Waals surface area contributed by atoms with Gasteiger partial charge in [-0.1, -0.05) is 0 Å². The molecule has 0 fully saturated rings. The Hall–Kier alpha value is -1.27. The van der Waals surface area contributed by atoms with Crippen molar-refractivity contribution in [2.75, 3.05) is 24.6 Å². The fourth-order valence-electron chi connectivity index (χ4n) is 1.47. The van der Waals surface area contributed by atoms with E-state index in [1.165, 1.54) is 11.1 Å². The summed E-state index contributed by atoms with van der Waals surface area (Å²) in [6, 6.07) is 3.20. The molecule has 96 valence electrons. The van der Waals surface area contributed by atoms with Crippen LogP contribution in [0, 0.1) is 0 Å². The number of halogens is 2. The van der Waals surface area contributed by atoms with Gasteiger partial charge in [0.2, 0.25) is 0 Å². The Morgan fingerprint density at radius 1 is 1.47 bits per heavy atom. The molecule has 1 rings (SSSR count). The minimum absolute atomic E-state index is 0.156. The zero-order valence-corrected chi connectivity index (χ0v) is 9.68. The molecule has 1 aromatic rings. The molecule has 0 aliphatic rings. The van der Waals surface area contributed by atoms with Gasteiger partial charge in [0.25, 0.3) is 6.43 Å². The summed E-state index contributed by atoms with van der Waals surface area (Å²) in [7, 11) is 0. The molecule has 1 aromatic heterocycles. The maximum absolute atomic E-state index is 12.3. The van der Waals surface area contributed by atoms with Gasteiger partial charge in [0, 0.05) is 12.6 Å². The van der Waals surface area contributed by atoms with Crippen LogP contribution < -0.4 is 10.6 Å². The van der Waals surface area contributed by atoms with Crippen LogP contribution in [0.3, 0.4) is 0 Å². The maximum Gasteiger partial charge on any atom is 0.255 e. The number of aliphatic hydroxyl groups excluding tert-OH is 1. The molecule has 0 aliphatic heterocycles. The lowest BCUT2D eigenvalue weighted by Gasteiger charge is -2.23. The molecular weight excluding hydrogens is 228 g/mol. The van der Waals surface area contributed by atoms with Crippen molar-refractivity contribution >= 4 is 5.69 Å². The van der Waals surface area contributed by atoms with Crippen molar-refractivity contribution in [1.82, 2.24) is 4.98 Å². The summed E-state index contributed by atoms with van der Waals surface area (Å²) in [6.07, 6.45) is -0.953. The summed E-state index contributed by atoms with van der Waals surface area (Å²) in [5.41, 5.74) is 6.91. The summed E-state index contributed by atoms with van der Waals surface area (Å²) in [5.74, 6) is 0. The van der Waals surface area contributed by atoms with E-state index in [1.54, 1.807) is 19.1 Å². The first-order valence-electron chi connectivity index (χ1n) is 5.40. The van der Waals surface area contributed by atoms with Crippen molar-refractivity contribution in [1.29, 1.82) is 0 Å². The standard InChI is InChI=1S/C11H17F2N3O/c1-8(14)10-3-2-9(6-15-10)16(4-5-17)7-11(12)13/h2-3,6,8,11,17H,4-5,7,14H2,1H3/t8-/m0/s1. The van der Waals surface area contributed by atoms with E-state index in [9.17, 15) is 8.78 Å². The fourth-order valence-corrected chi connectivity index (χ4v) is 1.47. The van der Waals surface area contributed by atoms with E-state index < -0.39 is 13.0 Å². The number of aromatic nitrogens is 1. The third-order valence-corrected chi connectivity index (χ3v) is 2.33. The van der Waals surface area contributed by atoms with Crippen LogP contribution in [0.15, 0.2) is 18.3 Å². The quantitative estimate of drug-likeness (QED) is 0.789. The number of nitrogens with two attached hydrogens (primary N) is 1. The van der Waals surface area contributed by atoms with Crippen LogP contribution in [0.1, 0.15) is 18.7 Å². The topological polar surface area (TPSA) is 62.4 Å². The molecule has 0 unspecified atom stereocenters. The minimum atomic E-state index is -2.45. The second-order valence-corrected chi connectivity index (χ2v) is 3.79. The van der Waals surface area contributed by atoms with Crippen LogP contribution in [0.25, 0.3) is 0 Å². The van der Waals surface area contributed by atoms with Crippen molar-refractivity contribution < 1.29 is 13.9 Å². The van der Waals surface area contributed by atoms with Crippen molar-refractivity contribution in [3.05, 3.63) is 24.0 Å². The van der Waals surface area contributed by atoms with E-state index in [-0.39, 0.29) is 19.2 Å². The number of pyridine rings is 1. The smallest absolute Gasteiger partial charge is 0.255 e. The Bertz CT molecular complexity index is 330. The summed E-state index contributed by atoms with van der Waals surface area (Å²) >= 11 is 0. The molecule has 3 N–H and O–H groups in total. The van der Waals surface area contributed by atoms with Gasteiger partial charge in [0.15, 0.2) is 0 Å². The Morgan fingerprint density at radius 2 is 2.18 bits per heavy atom. The number of rotatable bonds is 6. The summed E-state index contributed by atoms with van der Waals surface area (Å²) in [4.78, 5) is 5.49. The minimum Gasteiger partial charge on any atom is -0.395 e. The molecule has 1 heterocycles. The van der Waals surface area contributed by atoms with E-state index in [0.717, 1.165) is 0 Å². The number of hydrogen-bond donors (Lipinski definition) is 2. The van der Waals surface area contributed by atoms with E-state index in [0.29, 0.717) is 11.4 Å². The highest BCUT2D eigenvalue weighted by Crippen LogP contribution is 2.16. The molecule has 0 radical (unpaired) electrons. The van der Waals surface area contributed by atoms with Crippen LogP contribution in [-0.4, -0.2) is 36.2 Å². The third-order valence-electron chi connectivity index (χ3n) is 2.33. The Morgan fingerprint density at radius 3 is 2.59 bits per heavy atom. The first kappa shape index (κ1) is 13.8. The maximum atomic E-state index is 12.3. The van der Waals surface area contributed by atoms with Crippen molar-refractivity contribution in [2.24, 2.45) is 5.73 Å². The molecule has 0 aliphatic carbocycles. The third kappa shape index (κ3) is 4.24. The van der Waals surface area contributed by atoms with Gasteiger partial charge in [-0.2, -0.15) is 0 Å². The number of nitrogens with zero attached hydrogens (tertiary/aromatic N) is 2. The van der Waals surface area contributed by atoms with E-state index in [1.807, 2.05) is 0 Å². The van der Waals surface area contributed by atoms with Crippen LogP contribution in [0.2, 0.25) is 0 Å². The zero-order chi connectivity index (χ0) is 12.8. The molecule has 0 saturated heterocycles. The highest BCUT2D eigenvalue weighted by molar-refractivity contribution is 5.44. The van der Waals surface area contributed by atoms with Crippen molar-refractivity contribution in [2.45, 2.75) is 19.4 Å². The molecule has 0 saturated carbocycles. The van der Waals surface area contributed by atoms with Gasteiger partial charge in [-0.25, -0.2) is 8.78 Å². The first-order chi connectivity index (χ1) is 8.04. The lowest BCUT2D eigenvalue weighted by molar-refractivity contribution is 0.153. The molecule has 0 spiro atoms. The van der Waals surface area contributed by atoms with E-state index >= 15 is 0 Å². The second-order valence-electron chi connectivity index (χ2n) is 3.79. The van der Waals surface area contributed by atoms with Gasteiger partial charge in [0.1, 0.15) is 0 Å². The lowest BCUT2D eigenvalue weighted by atomic mass is 10.2. The van der Waals surface area contributed by atoms with Gasteiger partial charge in [0.05, 0.1) is 30.7 Å². The van der Waals surface area contributed by atoms with Crippen LogP contribution in [0.4, 0.5) is 14.5 Å². The molecule has 6 heteroatoms. The average Bonchev–Trinajstić information content (AvgIpc) is 2.28. The summed E-state index contributed by atoms with van der Waals surface area (Å²) in [6.45, 7) is 1.36. The fraction of sp³-hybridized carbons (Fsp3) is 0.545. The summed E-state index contributed by atoms with van der Waals surface area (Å²) in [5, 5.41) is 8.83. The van der Waals surface area contributed by atoms with Gasteiger partial charge in [-0.05, 0) is 19.1 Å². The first-order valence-corrected chi connectivity index (χ1v) is 5.40. The summed E-state index contributed by atoms with van der Waals surface area (Å²) < 4.78 is 24.7. The zero-order valence-electron chi connectivity index (χ0n) is 9.68. The molecule has 1 atom stereocenters. The normalized spacial score (nSPS) is 12.8. The van der Waals surface area contributed by atoms with Gasteiger partial charge < -0.3 is 15.7 Å². The molecule has 4 nitrogen and oxygen atoms in total. The molecule has 0 aromatic carbocycles. The molecular formula is C11H17F2N3O. The van der Waals surface area contributed by atoms with Crippen LogP contribution in [0.5, 0.6) is 0 Å². The predicted molar refractivity (Wildman–Crippen MR) is 62.1 cm³/mol. The largest absolute Gasteiger partial charge is 0.395 e. The second kappa shape index (κ2) is 6.46. The van der Waals surface area contributed by atoms with Gasteiger partial charge in [-0.3, -0.25) is 4.98 Å². The van der Waals surface area contributed by atoms with Crippen molar-refractivity contribution in [3.63, 3.8) is 0 Å². The Kier molecular flexibility index (Phi) is 5.24. The number of hydrogen-bond acceptors (Lipinski definition) is 4. The van der Waals surface area contributed by atoms with Crippen LogP contribution >= 0.6 is 0 Å². The van der Waals surface area contributed by atoms with E-state index in [4.69, 9.17) is 10.8 Å². The highest BCUT2D eigenvalue weighted by atomic mass is 19.3. The molecule has 0 bridgehead atoms. The highest BCUT2D eigenvalue weighted by Gasteiger charge is 2.13. The van der Waals surface area contributed by atoms with Gasteiger partial charge >= 0.3 is 0 Å². The Balaban J connectivity index is 2.79. The molecule has 0 amide bonds. The molecule has 17 heavy (non-hydrogen) atoms. The number of aliphatic hydroxyl groups is 1. The monoisotopic (exact) mass is 245 g/mol. The van der Waals surface area contributed by atoms with Gasteiger partial charge in [-0.15, -0.1) is 0 Å². The van der Waals surface area contributed by atoms with Crippen LogP contribution in [-0.2, 0) is 0 Å².